The van der Waals surface area contributed by atoms with Crippen molar-refractivity contribution in [3.05, 3.63) is 22.8 Å². The van der Waals surface area contributed by atoms with E-state index in [1.165, 1.54) is 12.2 Å². The minimum absolute atomic E-state index is 0.934. The molecule has 0 aliphatic rings. The van der Waals surface area contributed by atoms with Gasteiger partial charge in [-0.3, -0.25) is 0 Å². The minimum Gasteiger partial charge on any atom is -0.369 e. The Morgan fingerprint density at radius 1 is 1.62 bits per heavy atom. The maximum Gasteiger partial charge on any atom is 0.140 e. The molecular weight excluding hydrogens is 248 g/mol. The van der Waals surface area contributed by atoms with E-state index >= 15 is 0 Å². The van der Waals surface area contributed by atoms with Gasteiger partial charge in [0.15, 0.2) is 0 Å². The number of nitrogens with one attached hydrogen (secondary N) is 1. The molecule has 0 saturated carbocycles. The zero-order valence-electron chi connectivity index (χ0n) is 7.59. The molecule has 0 unspecified atom stereocenters. The van der Waals surface area contributed by atoms with Crippen LogP contribution in [0.3, 0.4) is 0 Å². The molecule has 1 N–H and O–H groups in total. The van der Waals surface area contributed by atoms with Crippen LogP contribution in [-0.2, 0) is 0 Å². The molecule has 0 atom stereocenters. The molecule has 0 spiro atoms. The van der Waals surface area contributed by atoms with Crippen LogP contribution in [0.2, 0.25) is 0 Å². The fourth-order valence-electron chi connectivity index (χ4n) is 0.939. The Morgan fingerprint density at radius 3 is 3.15 bits per heavy atom. The smallest absolute Gasteiger partial charge is 0.140 e. The van der Waals surface area contributed by atoms with E-state index in [0.29, 0.717) is 0 Å². The van der Waals surface area contributed by atoms with Crippen molar-refractivity contribution in [2.24, 2.45) is 0 Å². The van der Waals surface area contributed by atoms with Crippen molar-refractivity contribution in [1.29, 1.82) is 0 Å². The number of aromatic nitrogens is 1. The summed E-state index contributed by atoms with van der Waals surface area (Å²) in [4.78, 5) is 4.21. The molecule has 1 heterocycles. The molecule has 1 aromatic rings. The molecule has 4 heteroatoms. The topological polar surface area (TPSA) is 24.9 Å². The van der Waals surface area contributed by atoms with Gasteiger partial charge >= 0.3 is 0 Å². The maximum absolute atomic E-state index is 4.21. The van der Waals surface area contributed by atoms with Gasteiger partial charge in [0.05, 0.1) is 4.47 Å². The van der Waals surface area contributed by atoms with Crippen LogP contribution in [0, 0.1) is 0 Å². The molecule has 0 amide bonds. The Morgan fingerprint density at radius 2 is 2.46 bits per heavy atom. The lowest BCUT2D eigenvalue weighted by Gasteiger charge is -2.05. The number of halogens is 1. The molecule has 0 aromatic carbocycles. The number of nitrogens with zero attached hydrogens (tertiary/aromatic N) is 1. The summed E-state index contributed by atoms with van der Waals surface area (Å²) in [5.74, 6) is 2.13. The number of thioether (sulfide) groups is 1. The van der Waals surface area contributed by atoms with Crippen LogP contribution in [0.1, 0.15) is 6.42 Å². The van der Waals surface area contributed by atoms with Crippen LogP contribution in [0.25, 0.3) is 0 Å². The molecule has 0 aliphatic carbocycles. The van der Waals surface area contributed by atoms with Gasteiger partial charge in [0.2, 0.25) is 0 Å². The van der Waals surface area contributed by atoms with Gasteiger partial charge in [-0.15, -0.1) is 0 Å². The van der Waals surface area contributed by atoms with Crippen molar-refractivity contribution >= 4 is 33.5 Å². The Balaban J connectivity index is 2.32. The summed E-state index contributed by atoms with van der Waals surface area (Å²) >= 11 is 5.30. The summed E-state index contributed by atoms with van der Waals surface area (Å²) < 4.78 is 1.03. The summed E-state index contributed by atoms with van der Waals surface area (Å²) in [5, 5.41) is 3.28. The van der Waals surface area contributed by atoms with Crippen molar-refractivity contribution in [1.82, 2.24) is 4.98 Å². The van der Waals surface area contributed by atoms with Gasteiger partial charge in [0.1, 0.15) is 5.82 Å². The van der Waals surface area contributed by atoms with Crippen LogP contribution < -0.4 is 5.32 Å². The molecule has 0 fully saturated rings. The third-order valence-corrected chi connectivity index (χ3v) is 2.91. The summed E-state index contributed by atoms with van der Waals surface area (Å²) in [6.45, 7) is 0.983. The highest BCUT2D eigenvalue weighted by atomic mass is 79.9. The number of rotatable bonds is 5. The molecule has 13 heavy (non-hydrogen) atoms. The Kier molecular flexibility index (Phi) is 5.23. The normalized spacial score (nSPS) is 10.0. The maximum atomic E-state index is 4.21. The third-order valence-electron chi connectivity index (χ3n) is 1.58. The van der Waals surface area contributed by atoms with Crippen LogP contribution in [0.4, 0.5) is 5.82 Å². The molecular formula is C9H13BrN2S. The van der Waals surface area contributed by atoms with Gasteiger partial charge in [-0.05, 0) is 46.5 Å². The second kappa shape index (κ2) is 6.27. The van der Waals surface area contributed by atoms with E-state index in [2.05, 4.69) is 32.5 Å². The predicted octanol–water partition coefficient (Wildman–Crippen LogP) is 3.01. The molecule has 1 rings (SSSR count). The average Bonchev–Trinajstić information content (AvgIpc) is 2.15. The standard InChI is InChI=1S/C9H13BrN2S/c1-13-7-3-6-12-9-8(10)4-2-5-11-9/h2,4-5H,3,6-7H2,1H3,(H,11,12). The molecule has 72 valence electrons. The first kappa shape index (κ1) is 10.9. The van der Waals surface area contributed by atoms with Gasteiger partial charge in [-0.25, -0.2) is 4.98 Å². The van der Waals surface area contributed by atoms with Crippen molar-refractivity contribution in [3.8, 4) is 0 Å². The van der Waals surface area contributed by atoms with Gasteiger partial charge in [0, 0.05) is 12.7 Å². The highest BCUT2D eigenvalue weighted by Gasteiger charge is 1.97. The molecule has 1 aromatic heterocycles. The lowest BCUT2D eigenvalue weighted by Crippen LogP contribution is -2.04. The minimum atomic E-state index is 0.934. The number of hydrogen-bond donors (Lipinski definition) is 1. The van der Waals surface area contributed by atoms with Gasteiger partial charge in [-0.1, -0.05) is 0 Å². The quantitative estimate of drug-likeness (QED) is 0.825. The molecule has 0 saturated heterocycles. The Hall–Kier alpha value is -0.220. The van der Waals surface area contributed by atoms with Crippen LogP contribution >= 0.6 is 27.7 Å². The van der Waals surface area contributed by atoms with Gasteiger partial charge < -0.3 is 5.32 Å². The predicted molar refractivity (Wildman–Crippen MR) is 63.4 cm³/mol. The fourth-order valence-corrected chi connectivity index (χ4v) is 1.77. The number of anilines is 1. The first-order valence-corrected chi connectivity index (χ1v) is 6.36. The first-order chi connectivity index (χ1) is 6.34. The molecule has 0 bridgehead atoms. The van der Waals surface area contributed by atoms with Crippen molar-refractivity contribution in [3.63, 3.8) is 0 Å². The lowest BCUT2D eigenvalue weighted by molar-refractivity contribution is 0.980. The van der Waals surface area contributed by atoms with E-state index in [1.54, 1.807) is 6.20 Å². The second-order valence-corrected chi connectivity index (χ2v) is 4.45. The van der Waals surface area contributed by atoms with Crippen LogP contribution in [0.15, 0.2) is 22.8 Å². The molecule has 0 radical (unpaired) electrons. The van der Waals surface area contributed by atoms with E-state index in [-0.39, 0.29) is 0 Å². The largest absolute Gasteiger partial charge is 0.369 e. The van der Waals surface area contributed by atoms with Gasteiger partial charge in [-0.2, -0.15) is 11.8 Å². The number of hydrogen-bond acceptors (Lipinski definition) is 3. The Labute approximate surface area is 91.7 Å². The van der Waals surface area contributed by atoms with Crippen molar-refractivity contribution < 1.29 is 0 Å². The highest BCUT2D eigenvalue weighted by molar-refractivity contribution is 9.10. The SMILES string of the molecule is CSCCCNc1ncccc1Br. The van der Waals surface area contributed by atoms with E-state index < -0.39 is 0 Å². The monoisotopic (exact) mass is 260 g/mol. The van der Waals surface area contributed by atoms with Crippen molar-refractivity contribution in [2.45, 2.75) is 6.42 Å². The van der Waals surface area contributed by atoms with Crippen molar-refractivity contribution in [2.75, 3.05) is 23.9 Å². The third kappa shape index (κ3) is 4.00. The summed E-state index contributed by atoms with van der Waals surface area (Å²) in [6.07, 6.45) is 5.09. The van der Waals surface area contributed by atoms with Crippen LogP contribution in [-0.4, -0.2) is 23.5 Å². The average molecular weight is 261 g/mol. The second-order valence-electron chi connectivity index (χ2n) is 2.61. The lowest BCUT2D eigenvalue weighted by atomic mass is 10.4. The molecule has 0 aliphatic heterocycles. The molecule has 2 nitrogen and oxygen atoms in total. The van der Waals surface area contributed by atoms with Gasteiger partial charge in [0.25, 0.3) is 0 Å². The van der Waals surface area contributed by atoms with E-state index in [9.17, 15) is 0 Å². The highest BCUT2D eigenvalue weighted by Crippen LogP contribution is 2.17. The first-order valence-electron chi connectivity index (χ1n) is 4.18. The van der Waals surface area contributed by atoms with E-state index in [0.717, 1.165) is 16.8 Å². The zero-order chi connectivity index (χ0) is 9.52. The Bertz CT molecular complexity index is 255. The van der Waals surface area contributed by atoms with E-state index in [4.69, 9.17) is 0 Å². The summed E-state index contributed by atoms with van der Waals surface area (Å²) in [6, 6.07) is 3.90. The zero-order valence-corrected chi connectivity index (χ0v) is 9.99. The van der Waals surface area contributed by atoms with E-state index in [1.807, 2.05) is 23.9 Å². The summed E-state index contributed by atoms with van der Waals surface area (Å²) in [5.41, 5.74) is 0. The summed E-state index contributed by atoms with van der Waals surface area (Å²) in [7, 11) is 0. The number of pyridine rings is 1. The fraction of sp³-hybridized carbons (Fsp3) is 0.444. The van der Waals surface area contributed by atoms with Crippen LogP contribution in [0.5, 0.6) is 0 Å².